The Balaban J connectivity index is 1.60. The molecule has 0 saturated carbocycles. The summed E-state index contributed by atoms with van der Waals surface area (Å²) < 4.78 is 0. The normalized spacial score (nSPS) is 14.4. The Labute approximate surface area is 165 Å². The molecule has 2 heterocycles. The molecule has 1 amide bonds. The monoisotopic (exact) mass is 403 g/mol. The van der Waals surface area contributed by atoms with Gasteiger partial charge in [0.25, 0.3) is 0 Å². The highest BCUT2D eigenvalue weighted by atomic mass is 35.5. The van der Waals surface area contributed by atoms with Crippen molar-refractivity contribution < 1.29 is 4.79 Å². The number of hydrogen-bond donors (Lipinski definition) is 1. The molecule has 7 heteroatoms. The molecule has 1 aromatic carbocycles. The fourth-order valence-electron chi connectivity index (χ4n) is 3.17. The highest BCUT2D eigenvalue weighted by Crippen LogP contribution is 2.41. The van der Waals surface area contributed by atoms with E-state index in [4.69, 9.17) is 11.6 Å². The van der Waals surface area contributed by atoms with Gasteiger partial charge in [-0.3, -0.25) is 4.79 Å². The third-order valence-electron chi connectivity index (χ3n) is 4.43. The molecule has 3 aromatic rings. The third kappa shape index (κ3) is 3.33. The van der Waals surface area contributed by atoms with Gasteiger partial charge in [0.2, 0.25) is 5.91 Å². The van der Waals surface area contributed by atoms with Crippen molar-refractivity contribution in [1.29, 1.82) is 0 Å². The van der Waals surface area contributed by atoms with Crippen LogP contribution >= 0.6 is 34.7 Å². The van der Waals surface area contributed by atoms with Gasteiger partial charge in [-0.05, 0) is 50.8 Å². The lowest BCUT2D eigenvalue weighted by atomic mass is 10.2. The van der Waals surface area contributed by atoms with Crippen molar-refractivity contribution in [3.63, 3.8) is 0 Å². The summed E-state index contributed by atoms with van der Waals surface area (Å²) in [6, 6.07) is 7.26. The summed E-state index contributed by atoms with van der Waals surface area (Å²) in [4.78, 5) is 24.4. The quantitative estimate of drug-likeness (QED) is 0.476. The van der Waals surface area contributed by atoms with Crippen molar-refractivity contribution in [2.24, 2.45) is 0 Å². The Bertz CT molecular complexity index is 1000. The van der Waals surface area contributed by atoms with Gasteiger partial charge >= 0.3 is 0 Å². The average Bonchev–Trinajstić information content (AvgIpc) is 3.17. The number of hydrogen-bond acceptors (Lipinski definition) is 5. The minimum absolute atomic E-state index is 0.0839. The molecule has 0 aliphatic heterocycles. The Morgan fingerprint density at radius 1 is 1.31 bits per heavy atom. The van der Waals surface area contributed by atoms with Gasteiger partial charge in [0.1, 0.15) is 15.7 Å². The van der Waals surface area contributed by atoms with E-state index in [9.17, 15) is 4.79 Å². The van der Waals surface area contributed by atoms with Gasteiger partial charge in [0.05, 0.1) is 16.0 Å². The zero-order valence-electron chi connectivity index (χ0n) is 14.5. The molecule has 1 atom stereocenters. The molecule has 0 bridgehead atoms. The van der Waals surface area contributed by atoms with Crippen LogP contribution in [0.2, 0.25) is 5.02 Å². The maximum atomic E-state index is 12.6. The Hall–Kier alpha value is -1.63. The fraction of sp³-hybridized carbons (Fsp3) is 0.316. The Kier molecular flexibility index (Phi) is 4.90. The highest BCUT2D eigenvalue weighted by molar-refractivity contribution is 8.00. The van der Waals surface area contributed by atoms with Crippen molar-refractivity contribution in [2.75, 3.05) is 5.32 Å². The highest BCUT2D eigenvalue weighted by Gasteiger charge is 2.24. The lowest BCUT2D eigenvalue weighted by Crippen LogP contribution is -2.22. The van der Waals surface area contributed by atoms with Crippen molar-refractivity contribution in [3.8, 4) is 0 Å². The minimum Gasteiger partial charge on any atom is -0.324 e. The molecule has 26 heavy (non-hydrogen) atoms. The maximum Gasteiger partial charge on any atom is 0.237 e. The number of fused-ring (bicyclic) bond motifs is 3. The van der Waals surface area contributed by atoms with Gasteiger partial charge < -0.3 is 5.32 Å². The van der Waals surface area contributed by atoms with Gasteiger partial charge in [0, 0.05) is 10.3 Å². The molecule has 0 spiro atoms. The van der Waals surface area contributed by atoms with E-state index in [-0.39, 0.29) is 11.2 Å². The molecule has 1 aliphatic carbocycles. The smallest absolute Gasteiger partial charge is 0.237 e. The van der Waals surface area contributed by atoms with Crippen LogP contribution in [-0.4, -0.2) is 21.1 Å². The van der Waals surface area contributed by atoms with E-state index in [1.165, 1.54) is 28.6 Å². The number of rotatable bonds is 4. The summed E-state index contributed by atoms with van der Waals surface area (Å²) in [5.74, 6) is 0.665. The van der Waals surface area contributed by atoms with Crippen LogP contribution in [0.3, 0.4) is 0 Å². The first kappa shape index (κ1) is 17.8. The molecule has 0 saturated heterocycles. The zero-order chi connectivity index (χ0) is 18.3. The SMILES string of the molecule is Cc1nc(S[C@H](C)C(=O)Nc2ccccc2Cl)c2c3c(sc2n1)CCC3. The molecule has 0 fully saturated rings. The first-order chi connectivity index (χ1) is 12.5. The van der Waals surface area contributed by atoms with Crippen LogP contribution in [0.15, 0.2) is 29.3 Å². The summed E-state index contributed by atoms with van der Waals surface area (Å²) in [5.41, 5.74) is 2.01. The number of nitrogens with one attached hydrogen (secondary N) is 1. The van der Waals surface area contributed by atoms with Crippen molar-refractivity contribution in [1.82, 2.24) is 9.97 Å². The van der Waals surface area contributed by atoms with E-state index in [0.717, 1.165) is 33.9 Å². The Morgan fingerprint density at radius 2 is 2.12 bits per heavy atom. The molecule has 1 aliphatic rings. The van der Waals surface area contributed by atoms with Crippen LogP contribution in [0.5, 0.6) is 0 Å². The maximum absolute atomic E-state index is 12.6. The lowest BCUT2D eigenvalue weighted by Gasteiger charge is -2.13. The molecule has 4 rings (SSSR count). The van der Waals surface area contributed by atoms with Crippen LogP contribution in [0, 0.1) is 6.92 Å². The number of amides is 1. The number of benzene rings is 1. The second kappa shape index (κ2) is 7.18. The predicted molar refractivity (Wildman–Crippen MR) is 110 cm³/mol. The molecule has 134 valence electrons. The number of thioether (sulfide) groups is 1. The largest absolute Gasteiger partial charge is 0.324 e. The van der Waals surface area contributed by atoms with E-state index >= 15 is 0 Å². The van der Waals surface area contributed by atoms with Crippen molar-refractivity contribution >= 4 is 56.5 Å². The topological polar surface area (TPSA) is 54.9 Å². The Morgan fingerprint density at radius 3 is 2.92 bits per heavy atom. The van der Waals surface area contributed by atoms with Gasteiger partial charge in [-0.2, -0.15) is 0 Å². The average molecular weight is 404 g/mol. The number of para-hydroxylation sites is 1. The number of anilines is 1. The lowest BCUT2D eigenvalue weighted by molar-refractivity contribution is -0.115. The number of carbonyl (C=O) groups excluding carboxylic acids is 1. The predicted octanol–water partition coefficient (Wildman–Crippen LogP) is 5.26. The number of halogens is 1. The number of aryl methyl sites for hydroxylation is 3. The second-order valence-electron chi connectivity index (χ2n) is 6.34. The molecule has 0 radical (unpaired) electrons. The zero-order valence-corrected chi connectivity index (χ0v) is 16.9. The molecule has 2 aromatic heterocycles. The summed E-state index contributed by atoms with van der Waals surface area (Å²) in [7, 11) is 0. The van der Waals surface area contributed by atoms with Gasteiger partial charge in [-0.1, -0.05) is 35.5 Å². The van der Waals surface area contributed by atoms with E-state index in [1.54, 1.807) is 23.5 Å². The molecular formula is C19H18ClN3OS2. The fourth-order valence-corrected chi connectivity index (χ4v) is 5.74. The van der Waals surface area contributed by atoms with E-state index in [2.05, 4.69) is 15.3 Å². The number of carbonyl (C=O) groups is 1. The van der Waals surface area contributed by atoms with E-state index in [0.29, 0.717) is 10.7 Å². The van der Waals surface area contributed by atoms with Crippen LogP contribution in [0.1, 0.15) is 29.6 Å². The van der Waals surface area contributed by atoms with Gasteiger partial charge in [-0.15, -0.1) is 11.3 Å². The minimum atomic E-state index is -0.291. The van der Waals surface area contributed by atoms with Crippen molar-refractivity contribution in [2.45, 2.75) is 43.4 Å². The number of aromatic nitrogens is 2. The van der Waals surface area contributed by atoms with E-state index in [1.807, 2.05) is 26.0 Å². The number of nitrogens with zero attached hydrogens (tertiary/aromatic N) is 2. The molecule has 4 nitrogen and oxygen atoms in total. The first-order valence-corrected chi connectivity index (χ1v) is 10.6. The van der Waals surface area contributed by atoms with Crippen LogP contribution in [0.4, 0.5) is 5.69 Å². The summed E-state index contributed by atoms with van der Waals surface area (Å²) in [6.07, 6.45) is 3.40. The summed E-state index contributed by atoms with van der Waals surface area (Å²) >= 11 is 9.40. The van der Waals surface area contributed by atoms with E-state index < -0.39 is 0 Å². The van der Waals surface area contributed by atoms with Crippen LogP contribution in [0.25, 0.3) is 10.2 Å². The van der Waals surface area contributed by atoms with Crippen LogP contribution < -0.4 is 5.32 Å². The first-order valence-electron chi connectivity index (χ1n) is 8.54. The molecular weight excluding hydrogens is 386 g/mol. The third-order valence-corrected chi connectivity index (χ3v) is 7.03. The second-order valence-corrected chi connectivity index (χ2v) is 9.16. The summed E-state index contributed by atoms with van der Waals surface area (Å²) in [5, 5.41) is 5.21. The van der Waals surface area contributed by atoms with Crippen LogP contribution in [-0.2, 0) is 17.6 Å². The van der Waals surface area contributed by atoms with Gasteiger partial charge in [0.15, 0.2) is 0 Å². The molecule has 1 N–H and O–H groups in total. The standard InChI is InChI=1S/C19H18ClN3OS2/c1-10(17(24)23-14-8-4-3-7-13(14)20)25-18-16-12-6-5-9-15(12)26-19(16)22-11(2)21-18/h3-4,7-8,10H,5-6,9H2,1-2H3,(H,23,24)/t10-/m1/s1. The molecule has 0 unspecified atom stereocenters. The number of thiophene rings is 1. The van der Waals surface area contributed by atoms with Crippen molar-refractivity contribution in [3.05, 3.63) is 45.6 Å². The van der Waals surface area contributed by atoms with Gasteiger partial charge in [-0.25, -0.2) is 9.97 Å². The summed E-state index contributed by atoms with van der Waals surface area (Å²) in [6.45, 7) is 3.80.